The average Bonchev–Trinajstić information content (AvgIpc) is 2.72. The first-order chi connectivity index (χ1) is 9.88. The Balaban J connectivity index is 1.96. The van der Waals surface area contributed by atoms with Gasteiger partial charge < -0.3 is 11.1 Å². The number of imide groups is 1. The molecule has 0 aliphatic carbocycles. The number of nitrogens with one attached hydrogen (secondary N) is 1. The largest absolute Gasteiger partial charge is 0.397 e. The Morgan fingerprint density at radius 1 is 1.33 bits per heavy atom. The summed E-state index contributed by atoms with van der Waals surface area (Å²) in [4.78, 5) is 36.0. The highest BCUT2D eigenvalue weighted by Crippen LogP contribution is 2.27. The molecule has 0 unspecified atom stereocenters. The maximum atomic E-state index is 11.9. The van der Waals surface area contributed by atoms with Crippen molar-refractivity contribution in [2.24, 2.45) is 0 Å². The second-order valence-corrected chi connectivity index (χ2v) is 5.84. The predicted molar refractivity (Wildman–Crippen MR) is 82.5 cm³/mol. The Bertz CT molecular complexity index is 600. The van der Waals surface area contributed by atoms with Gasteiger partial charge in [0, 0.05) is 30.3 Å². The van der Waals surface area contributed by atoms with Crippen LogP contribution >= 0.6 is 15.9 Å². The standard InChI is InChI=1S/C14H16BrN3O3/c1-8-6-9(15)7-10(14(8)16)17-11(19)4-5-18-12(20)2-3-13(18)21/h6-7H,2-5,16H2,1H3,(H,17,19). The van der Waals surface area contributed by atoms with Gasteiger partial charge in [-0.15, -0.1) is 0 Å². The van der Waals surface area contributed by atoms with Crippen LogP contribution < -0.4 is 11.1 Å². The van der Waals surface area contributed by atoms with Crippen LogP contribution in [-0.4, -0.2) is 29.2 Å². The lowest BCUT2D eigenvalue weighted by atomic mass is 10.1. The molecular weight excluding hydrogens is 338 g/mol. The number of nitrogens with zero attached hydrogens (tertiary/aromatic N) is 1. The van der Waals surface area contributed by atoms with E-state index in [9.17, 15) is 14.4 Å². The van der Waals surface area contributed by atoms with Crippen LogP contribution in [0.2, 0.25) is 0 Å². The zero-order valence-corrected chi connectivity index (χ0v) is 13.2. The van der Waals surface area contributed by atoms with Crippen LogP contribution in [0.3, 0.4) is 0 Å². The van der Waals surface area contributed by atoms with Crippen LogP contribution in [0.25, 0.3) is 0 Å². The number of carbonyl (C=O) groups is 3. The fourth-order valence-electron chi connectivity index (χ4n) is 2.16. The third kappa shape index (κ3) is 3.60. The van der Waals surface area contributed by atoms with Crippen LogP contribution in [0.15, 0.2) is 16.6 Å². The van der Waals surface area contributed by atoms with Gasteiger partial charge in [0.25, 0.3) is 0 Å². The molecule has 0 saturated carbocycles. The zero-order chi connectivity index (χ0) is 15.6. The van der Waals surface area contributed by atoms with E-state index in [1.807, 2.05) is 13.0 Å². The van der Waals surface area contributed by atoms with Crippen molar-refractivity contribution >= 4 is 45.0 Å². The van der Waals surface area contributed by atoms with Crippen LogP contribution in [0.4, 0.5) is 11.4 Å². The molecule has 0 atom stereocenters. The van der Waals surface area contributed by atoms with E-state index in [0.717, 1.165) is 14.9 Å². The summed E-state index contributed by atoms with van der Waals surface area (Å²) in [6, 6.07) is 3.57. The van der Waals surface area contributed by atoms with E-state index >= 15 is 0 Å². The molecule has 2 rings (SSSR count). The summed E-state index contributed by atoms with van der Waals surface area (Å²) in [5.41, 5.74) is 7.78. The molecule has 6 nitrogen and oxygen atoms in total. The molecule has 1 fully saturated rings. The van der Waals surface area contributed by atoms with Gasteiger partial charge in [-0.3, -0.25) is 19.3 Å². The number of benzene rings is 1. The summed E-state index contributed by atoms with van der Waals surface area (Å²) in [6.45, 7) is 1.95. The minimum atomic E-state index is -0.285. The Labute approximate surface area is 130 Å². The van der Waals surface area contributed by atoms with Crippen molar-refractivity contribution < 1.29 is 14.4 Å². The molecule has 1 aliphatic heterocycles. The monoisotopic (exact) mass is 353 g/mol. The molecule has 112 valence electrons. The summed E-state index contributed by atoms with van der Waals surface area (Å²) in [7, 11) is 0. The van der Waals surface area contributed by atoms with E-state index < -0.39 is 0 Å². The third-order valence-corrected chi connectivity index (χ3v) is 3.80. The topological polar surface area (TPSA) is 92.5 Å². The highest BCUT2D eigenvalue weighted by atomic mass is 79.9. The number of hydrogen-bond acceptors (Lipinski definition) is 4. The molecular formula is C14H16BrN3O3. The van der Waals surface area contributed by atoms with Crippen molar-refractivity contribution in [3.63, 3.8) is 0 Å². The maximum Gasteiger partial charge on any atom is 0.229 e. The molecule has 1 aromatic rings. The van der Waals surface area contributed by atoms with Gasteiger partial charge in [-0.1, -0.05) is 15.9 Å². The van der Waals surface area contributed by atoms with E-state index in [-0.39, 0.29) is 43.5 Å². The van der Waals surface area contributed by atoms with Gasteiger partial charge in [-0.2, -0.15) is 0 Å². The Morgan fingerprint density at radius 2 is 1.95 bits per heavy atom. The van der Waals surface area contributed by atoms with Crippen LogP contribution in [0, 0.1) is 6.92 Å². The van der Waals surface area contributed by atoms with Crippen LogP contribution in [-0.2, 0) is 14.4 Å². The van der Waals surface area contributed by atoms with E-state index in [1.165, 1.54) is 0 Å². The van der Waals surface area contributed by atoms with Crippen molar-refractivity contribution in [1.29, 1.82) is 0 Å². The SMILES string of the molecule is Cc1cc(Br)cc(NC(=O)CCN2C(=O)CCC2=O)c1N. The number of rotatable bonds is 4. The molecule has 0 spiro atoms. The third-order valence-electron chi connectivity index (χ3n) is 3.34. The Kier molecular flexibility index (Phi) is 4.62. The van der Waals surface area contributed by atoms with Gasteiger partial charge in [-0.25, -0.2) is 0 Å². The van der Waals surface area contributed by atoms with E-state index in [1.54, 1.807) is 6.07 Å². The van der Waals surface area contributed by atoms with Crippen LogP contribution in [0.5, 0.6) is 0 Å². The molecule has 1 saturated heterocycles. The fourth-order valence-corrected chi connectivity index (χ4v) is 2.73. The highest BCUT2D eigenvalue weighted by Gasteiger charge is 2.28. The predicted octanol–water partition coefficient (Wildman–Crippen LogP) is 1.82. The van der Waals surface area contributed by atoms with Gasteiger partial charge in [0.05, 0.1) is 11.4 Å². The first-order valence-corrected chi connectivity index (χ1v) is 7.36. The normalized spacial score (nSPS) is 14.7. The number of nitrogens with two attached hydrogens (primary N) is 1. The molecule has 7 heteroatoms. The highest BCUT2D eigenvalue weighted by molar-refractivity contribution is 9.10. The summed E-state index contributed by atoms with van der Waals surface area (Å²) in [5, 5.41) is 2.70. The van der Waals surface area contributed by atoms with E-state index in [0.29, 0.717) is 11.4 Å². The number of likely N-dealkylation sites (tertiary alicyclic amines) is 1. The fraction of sp³-hybridized carbons (Fsp3) is 0.357. The zero-order valence-electron chi connectivity index (χ0n) is 11.6. The van der Waals surface area contributed by atoms with Gasteiger partial charge >= 0.3 is 0 Å². The molecule has 1 heterocycles. The maximum absolute atomic E-state index is 11.9. The number of halogens is 1. The summed E-state index contributed by atoms with van der Waals surface area (Å²) in [5.74, 6) is -0.720. The van der Waals surface area contributed by atoms with E-state index in [4.69, 9.17) is 5.73 Å². The number of amides is 3. The molecule has 3 N–H and O–H groups in total. The Morgan fingerprint density at radius 3 is 2.57 bits per heavy atom. The Hall–Kier alpha value is -1.89. The summed E-state index contributed by atoms with van der Waals surface area (Å²) >= 11 is 3.34. The number of carbonyl (C=O) groups excluding carboxylic acids is 3. The van der Waals surface area contributed by atoms with Gasteiger partial charge in [0.2, 0.25) is 17.7 Å². The number of hydrogen-bond donors (Lipinski definition) is 2. The molecule has 0 bridgehead atoms. The molecule has 21 heavy (non-hydrogen) atoms. The molecule has 1 aliphatic rings. The molecule has 0 radical (unpaired) electrons. The van der Waals surface area contributed by atoms with E-state index in [2.05, 4.69) is 21.2 Å². The second kappa shape index (κ2) is 6.26. The molecule has 3 amide bonds. The summed E-state index contributed by atoms with van der Waals surface area (Å²) in [6.07, 6.45) is 0.527. The van der Waals surface area contributed by atoms with Crippen molar-refractivity contribution in [3.05, 3.63) is 22.2 Å². The molecule has 1 aromatic carbocycles. The van der Waals surface area contributed by atoms with Gasteiger partial charge in [-0.05, 0) is 24.6 Å². The average molecular weight is 354 g/mol. The lowest BCUT2D eigenvalue weighted by Crippen LogP contribution is -2.32. The number of anilines is 2. The smallest absolute Gasteiger partial charge is 0.229 e. The van der Waals surface area contributed by atoms with Crippen molar-refractivity contribution in [3.8, 4) is 0 Å². The number of nitrogen functional groups attached to an aromatic ring is 1. The minimum absolute atomic E-state index is 0.0580. The quantitative estimate of drug-likeness (QED) is 0.637. The summed E-state index contributed by atoms with van der Waals surface area (Å²) < 4.78 is 0.814. The second-order valence-electron chi connectivity index (χ2n) is 4.92. The first-order valence-electron chi connectivity index (χ1n) is 6.57. The lowest BCUT2D eigenvalue weighted by Gasteiger charge is -2.14. The van der Waals surface area contributed by atoms with Crippen molar-refractivity contribution in [2.45, 2.75) is 26.2 Å². The van der Waals surface area contributed by atoms with Crippen LogP contribution in [0.1, 0.15) is 24.8 Å². The molecule has 0 aromatic heterocycles. The number of aryl methyl sites for hydroxylation is 1. The lowest BCUT2D eigenvalue weighted by molar-refractivity contribution is -0.138. The van der Waals surface area contributed by atoms with Gasteiger partial charge in [0.1, 0.15) is 0 Å². The van der Waals surface area contributed by atoms with Crippen molar-refractivity contribution in [1.82, 2.24) is 4.90 Å². The first kappa shape index (κ1) is 15.5. The van der Waals surface area contributed by atoms with Gasteiger partial charge in [0.15, 0.2) is 0 Å². The van der Waals surface area contributed by atoms with Crippen molar-refractivity contribution in [2.75, 3.05) is 17.6 Å². The minimum Gasteiger partial charge on any atom is -0.397 e.